The molecule has 2 heterocycles. The quantitative estimate of drug-likeness (QED) is 0.734. The van der Waals surface area contributed by atoms with Crippen LogP contribution in [0.3, 0.4) is 0 Å². The van der Waals surface area contributed by atoms with Gasteiger partial charge in [-0.25, -0.2) is 14.2 Å². The molecule has 0 radical (unpaired) electrons. The van der Waals surface area contributed by atoms with E-state index in [-0.39, 0.29) is 36.6 Å². The first-order valence-electron chi connectivity index (χ1n) is 8.62. The lowest BCUT2D eigenvalue weighted by atomic mass is 10.1. The summed E-state index contributed by atoms with van der Waals surface area (Å²) in [5.41, 5.74) is 0. The molecule has 2 fully saturated rings. The van der Waals surface area contributed by atoms with Gasteiger partial charge in [-0.1, -0.05) is 0 Å². The molecular weight excluding hydrogens is 404 g/mol. The Balaban J connectivity index is 0.000000370. The molecule has 0 spiro atoms. The smallest absolute Gasteiger partial charge is 0.475 e. The van der Waals surface area contributed by atoms with E-state index in [0.717, 1.165) is 6.42 Å². The number of carboxylic acids is 1. The number of nitrogens with zero attached hydrogens (tertiary/aromatic N) is 2. The van der Waals surface area contributed by atoms with Crippen molar-refractivity contribution in [1.82, 2.24) is 9.88 Å². The van der Waals surface area contributed by atoms with E-state index >= 15 is 0 Å². The highest BCUT2D eigenvalue weighted by Crippen LogP contribution is 2.33. The minimum absolute atomic E-state index is 0.0166. The number of hydrogen-bond acceptors (Lipinski definition) is 6. The van der Waals surface area contributed by atoms with Crippen molar-refractivity contribution in [2.75, 3.05) is 26.9 Å². The second-order valence-corrected chi connectivity index (χ2v) is 6.25. The van der Waals surface area contributed by atoms with Crippen LogP contribution in [-0.4, -0.2) is 78.2 Å². The fourth-order valence-electron chi connectivity index (χ4n) is 3.16. The largest absolute Gasteiger partial charge is 0.490 e. The van der Waals surface area contributed by atoms with Gasteiger partial charge >= 0.3 is 12.1 Å². The van der Waals surface area contributed by atoms with Gasteiger partial charge in [-0.3, -0.25) is 4.79 Å². The standard InChI is InChI=1S/C15H19FN2O4.C2HF3O2/c1-20-9-13(19)18-7-8-21-14-11(18)4-5-12(14)22-15-10(16)3-2-6-17-15;3-2(4,5)1(6)7/h2-3,6,11-12,14H,4-5,7-9H2,1H3;(H,6,7)/t11-,12-,14+;/m0./s1. The molecular formula is C17H20F4N2O6. The first kappa shape index (κ1) is 22.8. The minimum Gasteiger partial charge on any atom is -0.475 e. The van der Waals surface area contributed by atoms with Crippen molar-refractivity contribution in [3.05, 3.63) is 24.1 Å². The Morgan fingerprint density at radius 3 is 2.66 bits per heavy atom. The van der Waals surface area contributed by atoms with Crippen LogP contribution in [0.25, 0.3) is 0 Å². The summed E-state index contributed by atoms with van der Waals surface area (Å²) in [7, 11) is 1.50. The van der Waals surface area contributed by atoms with Crippen molar-refractivity contribution in [2.24, 2.45) is 0 Å². The summed E-state index contributed by atoms with van der Waals surface area (Å²) >= 11 is 0. The lowest BCUT2D eigenvalue weighted by Crippen LogP contribution is -2.55. The monoisotopic (exact) mass is 424 g/mol. The van der Waals surface area contributed by atoms with Crippen LogP contribution in [0.1, 0.15) is 12.8 Å². The van der Waals surface area contributed by atoms with Crippen LogP contribution in [-0.2, 0) is 19.1 Å². The number of rotatable bonds is 4. The Hall–Kier alpha value is -2.47. The second kappa shape index (κ2) is 9.83. The van der Waals surface area contributed by atoms with Gasteiger partial charge < -0.3 is 24.2 Å². The number of carbonyl (C=O) groups is 2. The van der Waals surface area contributed by atoms with Gasteiger partial charge in [0.05, 0.1) is 12.6 Å². The third kappa shape index (κ3) is 6.00. The van der Waals surface area contributed by atoms with E-state index in [0.29, 0.717) is 19.6 Å². The van der Waals surface area contributed by atoms with Crippen molar-refractivity contribution in [3.63, 3.8) is 0 Å². The Morgan fingerprint density at radius 2 is 2.07 bits per heavy atom. The predicted octanol–water partition coefficient (Wildman–Crippen LogP) is 1.64. The van der Waals surface area contributed by atoms with Crippen molar-refractivity contribution in [1.29, 1.82) is 0 Å². The topological polar surface area (TPSA) is 98.2 Å². The fourth-order valence-corrected chi connectivity index (χ4v) is 3.16. The number of halogens is 4. The van der Waals surface area contributed by atoms with Gasteiger partial charge in [-0.2, -0.15) is 13.2 Å². The lowest BCUT2D eigenvalue weighted by molar-refractivity contribution is -0.192. The molecule has 1 N–H and O–H groups in total. The van der Waals surface area contributed by atoms with Gasteiger partial charge in [-0.05, 0) is 25.0 Å². The first-order chi connectivity index (χ1) is 13.6. The maximum atomic E-state index is 13.7. The van der Waals surface area contributed by atoms with Gasteiger partial charge in [0.25, 0.3) is 5.88 Å². The molecule has 162 valence electrons. The molecule has 1 aromatic heterocycles. The molecule has 3 rings (SSSR count). The Kier molecular flexibility index (Phi) is 7.73. The molecule has 0 unspecified atom stereocenters. The third-order valence-electron chi connectivity index (χ3n) is 4.35. The SMILES string of the molecule is COCC(=O)N1CCO[C@H]2[C@@H](Oc3ncccc3F)CC[C@@H]21.O=C(O)C(F)(F)F. The average Bonchev–Trinajstić information content (AvgIpc) is 3.06. The van der Waals surface area contributed by atoms with E-state index in [2.05, 4.69) is 4.98 Å². The molecule has 29 heavy (non-hydrogen) atoms. The molecule has 1 aliphatic heterocycles. The minimum atomic E-state index is -5.08. The number of morpholine rings is 1. The number of aliphatic carboxylic acids is 1. The second-order valence-electron chi connectivity index (χ2n) is 6.25. The summed E-state index contributed by atoms with van der Waals surface area (Å²) in [6, 6.07) is 2.78. The number of methoxy groups -OCH3 is 1. The van der Waals surface area contributed by atoms with Gasteiger partial charge in [0, 0.05) is 19.9 Å². The fraction of sp³-hybridized carbons (Fsp3) is 0.588. The van der Waals surface area contributed by atoms with Crippen LogP contribution >= 0.6 is 0 Å². The Morgan fingerprint density at radius 1 is 1.38 bits per heavy atom. The molecule has 12 heteroatoms. The number of fused-ring (bicyclic) bond motifs is 1. The number of ether oxygens (including phenoxy) is 3. The van der Waals surface area contributed by atoms with Crippen molar-refractivity contribution in [3.8, 4) is 5.88 Å². The number of alkyl halides is 3. The number of pyridine rings is 1. The predicted molar refractivity (Wildman–Crippen MR) is 88.7 cm³/mol. The summed E-state index contributed by atoms with van der Waals surface area (Å²) in [6.07, 6.45) is -2.69. The van der Waals surface area contributed by atoms with Gasteiger partial charge in [-0.15, -0.1) is 0 Å². The summed E-state index contributed by atoms with van der Waals surface area (Å²) in [6.45, 7) is 1.05. The zero-order valence-corrected chi connectivity index (χ0v) is 15.4. The summed E-state index contributed by atoms with van der Waals surface area (Å²) in [5.74, 6) is -3.32. The number of aromatic nitrogens is 1. The molecule has 2 aliphatic rings. The van der Waals surface area contributed by atoms with Crippen LogP contribution in [0.15, 0.2) is 18.3 Å². The van der Waals surface area contributed by atoms with E-state index in [9.17, 15) is 22.4 Å². The summed E-state index contributed by atoms with van der Waals surface area (Å²) in [5, 5.41) is 7.12. The highest BCUT2D eigenvalue weighted by atomic mass is 19.4. The van der Waals surface area contributed by atoms with E-state index in [1.54, 1.807) is 4.90 Å². The molecule has 0 bridgehead atoms. The van der Waals surface area contributed by atoms with Crippen LogP contribution in [0, 0.1) is 5.82 Å². The Bertz CT molecular complexity index is 717. The number of carbonyl (C=O) groups excluding carboxylic acids is 1. The Labute approximate surface area is 163 Å². The first-order valence-corrected chi connectivity index (χ1v) is 8.62. The highest BCUT2D eigenvalue weighted by molar-refractivity contribution is 5.78. The lowest BCUT2D eigenvalue weighted by Gasteiger charge is -2.38. The maximum absolute atomic E-state index is 13.7. The molecule has 8 nitrogen and oxygen atoms in total. The van der Waals surface area contributed by atoms with Gasteiger partial charge in [0.1, 0.15) is 18.8 Å². The molecule has 0 aromatic carbocycles. The number of hydrogen-bond donors (Lipinski definition) is 1. The van der Waals surface area contributed by atoms with Crippen LogP contribution in [0.2, 0.25) is 0 Å². The number of amides is 1. The van der Waals surface area contributed by atoms with E-state index in [1.807, 2.05) is 0 Å². The molecule has 3 atom stereocenters. The van der Waals surface area contributed by atoms with Crippen molar-refractivity contribution in [2.45, 2.75) is 37.3 Å². The van der Waals surface area contributed by atoms with Crippen molar-refractivity contribution >= 4 is 11.9 Å². The molecule has 1 saturated heterocycles. The molecule has 1 saturated carbocycles. The third-order valence-corrected chi connectivity index (χ3v) is 4.35. The molecule has 1 amide bonds. The van der Waals surface area contributed by atoms with E-state index < -0.39 is 18.0 Å². The van der Waals surface area contributed by atoms with Crippen LogP contribution < -0.4 is 4.74 Å². The van der Waals surface area contributed by atoms with Crippen molar-refractivity contribution < 1.29 is 46.5 Å². The van der Waals surface area contributed by atoms with Gasteiger partial charge in [0.2, 0.25) is 5.91 Å². The zero-order valence-electron chi connectivity index (χ0n) is 15.4. The molecule has 1 aromatic rings. The van der Waals surface area contributed by atoms with Crippen LogP contribution in [0.4, 0.5) is 17.6 Å². The summed E-state index contributed by atoms with van der Waals surface area (Å²) in [4.78, 5) is 26.7. The van der Waals surface area contributed by atoms with Crippen LogP contribution in [0.5, 0.6) is 5.88 Å². The highest BCUT2D eigenvalue weighted by Gasteiger charge is 2.46. The zero-order chi connectivity index (χ0) is 21.6. The summed E-state index contributed by atoms with van der Waals surface area (Å²) < 4.78 is 61.8. The van der Waals surface area contributed by atoms with E-state index in [1.165, 1.54) is 25.4 Å². The van der Waals surface area contributed by atoms with E-state index in [4.69, 9.17) is 24.1 Å². The molecule has 1 aliphatic carbocycles. The van der Waals surface area contributed by atoms with Gasteiger partial charge in [0.15, 0.2) is 5.82 Å². The maximum Gasteiger partial charge on any atom is 0.490 e. The average molecular weight is 424 g/mol. The number of carboxylic acid groups (broad SMARTS) is 1. The normalized spacial score (nSPS) is 23.6.